The Morgan fingerprint density at radius 2 is 2.06 bits per heavy atom. The van der Waals surface area contributed by atoms with Crippen molar-refractivity contribution in [3.8, 4) is 0 Å². The topological polar surface area (TPSA) is 61.6 Å². The Morgan fingerprint density at radius 3 is 2.76 bits per heavy atom. The lowest BCUT2D eigenvalue weighted by Gasteiger charge is -2.12. The van der Waals surface area contributed by atoms with Gasteiger partial charge in [0.05, 0.1) is 13.2 Å². The summed E-state index contributed by atoms with van der Waals surface area (Å²) in [6.45, 7) is 1.23. The van der Waals surface area contributed by atoms with E-state index in [1.54, 1.807) is 6.08 Å². The molecule has 4 heteroatoms. The molecule has 2 rings (SSSR count). The minimum Gasteiger partial charge on any atom is -0.369 e. The van der Waals surface area contributed by atoms with Crippen LogP contribution < -0.4 is 5.73 Å². The highest BCUT2D eigenvalue weighted by molar-refractivity contribution is 5.76. The van der Waals surface area contributed by atoms with E-state index >= 15 is 0 Å². The van der Waals surface area contributed by atoms with Gasteiger partial charge in [0.25, 0.3) is 0 Å². The summed E-state index contributed by atoms with van der Waals surface area (Å²) in [5.41, 5.74) is 7.04. The number of benzene rings is 1. The van der Waals surface area contributed by atoms with E-state index in [-0.39, 0.29) is 18.6 Å². The number of amides is 1. The zero-order valence-corrected chi connectivity index (χ0v) is 9.46. The third kappa shape index (κ3) is 3.15. The minimum absolute atomic E-state index is 0.237. The summed E-state index contributed by atoms with van der Waals surface area (Å²) in [5.74, 6) is -0.341. The number of primary amides is 1. The Morgan fingerprint density at radius 1 is 1.35 bits per heavy atom. The molecule has 1 aliphatic heterocycles. The van der Waals surface area contributed by atoms with Crippen molar-refractivity contribution < 1.29 is 14.3 Å². The molecule has 1 aliphatic rings. The molecule has 0 spiro atoms. The van der Waals surface area contributed by atoms with Gasteiger partial charge in [-0.05, 0) is 5.56 Å². The van der Waals surface area contributed by atoms with E-state index in [9.17, 15) is 4.79 Å². The summed E-state index contributed by atoms with van der Waals surface area (Å²) in [5, 5.41) is 0. The third-order valence-electron chi connectivity index (χ3n) is 2.49. The van der Waals surface area contributed by atoms with Crippen LogP contribution in [0.1, 0.15) is 23.8 Å². The highest BCUT2D eigenvalue weighted by Gasteiger charge is 2.19. The molecule has 17 heavy (non-hydrogen) atoms. The first-order chi connectivity index (χ1) is 8.27. The maximum Gasteiger partial charge on any atom is 0.221 e. The average Bonchev–Trinajstić information content (AvgIpc) is 2.82. The number of hydrogen-bond acceptors (Lipinski definition) is 3. The maximum absolute atomic E-state index is 10.7. The van der Waals surface area contributed by atoms with Gasteiger partial charge in [-0.2, -0.15) is 0 Å². The fraction of sp³-hybridized carbons (Fsp3) is 0.308. The third-order valence-corrected chi connectivity index (χ3v) is 2.49. The van der Waals surface area contributed by atoms with E-state index in [0.29, 0.717) is 13.2 Å². The number of hydrogen-bond donors (Lipinski definition) is 1. The highest BCUT2D eigenvalue weighted by atomic mass is 16.7. The molecule has 1 fully saturated rings. The first-order valence-electron chi connectivity index (χ1n) is 5.54. The molecular weight excluding hydrogens is 218 g/mol. The number of rotatable bonds is 4. The lowest BCUT2D eigenvalue weighted by molar-refractivity contribution is -0.117. The largest absolute Gasteiger partial charge is 0.369 e. The van der Waals surface area contributed by atoms with Crippen LogP contribution in [0.25, 0.3) is 6.08 Å². The average molecular weight is 233 g/mol. The molecule has 1 heterocycles. The number of nitrogens with two attached hydrogens (primary N) is 1. The zero-order valence-electron chi connectivity index (χ0n) is 9.46. The van der Waals surface area contributed by atoms with Crippen molar-refractivity contribution in [1.82, 2.24) is 0 Å². The number of carbonyl (C=O) groups excluding carboxylic acids is 1. The molecule has 1 saturated heterocycles. The van der Waals surface area contributed by atoms with E-state index in [1.807, 2.05) is 30.3 Å². The fourth-order valence-corrected chi connectivity index (χ4v) is 1.72. The van der Waals surface area contributed by atoms with Gasteiger partial charge in [0, 0.05) is 12.0 Å². The van der Waals surface area contributed by atoms with Crippen LogP contribution in [0, 0.1) is 0 Å². The van der Waals surface area contributed by atoms with Crippen LogP contribution >= 0.6 is 0 Å². The molecule has 2 N–H and O–H groups in total. The van der Waals surface area contributed by atoms with Crippen LogP contribution in [-0.2, 0) is 14.3 Å². The van der Waals surface area contributed by atoms with Crippen molar-refractivity contribution in [2.45, 2.75) is 12.7 Å². The first kappa shape index (κ1) is 11.8. The van der Waals surface area contributed by atoms with Gasteiger partial charge in [-0.25, -0.2) is 0 Å². The maximum atomic E-state index is 10.7. The summed E-state index contributed by atoms with van der Waals surface area (Å²) >= 11 is 0. The van der Waals surface area contributed by atoms with Gasteiger partial charge < -0.3 is 15.2 Å². The Bertz CT molecular complexity index is 422. The molecule has 4 nitrogen and oxygen atoms in total. The molecule has 90 valence electrons. The normalized spacial score (nSPS) is 16.7. The van der Waals surface area contributed by atoms with E-state index < -0.39 is 0 Å². The molecule has 1 amide bonds. The van der Waals surface area contributed by atoms with Crippen LogP contribution in [0.3, 0.4) is 0 Å². The van der Waals surface area contributed by atoms with Crippen molar-refractivity contribution in [3.63, 3.8) is 0 Å². The van der Waals surface area contributed by atoms with Gasteiger partial charge in [-0.3, -0.25) is 4.79 Å². The molecule has 0 bridgehead atoms. The van der Waals surface area contributed by atoms with Crippen molar-refractivity contribution >= 4 is 12.0 Å². The molecule has 0 aliphatic carbocycles. The summed E-state index contributed by atoms with van der Waals surface area (Å²) in [7, 11) is 0. The molecule has 0 atom stereocenters. The molecule has 0 aromatic heterocycles. The van der Waals surface area contributed by atoms with Crippen LogP contribution in [0.15, 0.2) is 30.3 Å². The van der Waals surface area contributed by atoms with Crippen molar-refractivity contribution in [1.29, 1.82) is 0 Å². The van der Waals surface area contributed by atoms with E-state index in [0.717, 1.165) is 11.1 Å². The molecule has 0 saturated carbocycles. The van der Waals surface area contributed by atoms with Crippen molar-refractivity contribution in [3.05, 3.63) is 41.5 Å². The van der Waals surface area contributed by atoms with E-state index in [4.69, 9.17) is 15.2 Å². The van der Waals surface area contributed by atoms with E-state index in [2.05, 4.69) is 0 Å². The smallest absolute Gasteiger partial charge is 0.221 e. The van der Waals surface area contributed by atoms with Gasteiger partial charge in [0.1, 0.15) is 0 Å². The van der Waals surface area contributed by atoms with Crippen molar-refractivity contribution in [2.75, 3.05) is 13.2 Å². The Labute approximate surface area is 100 Å². The second-order valence-electron chi connectivity index (χ2n) is 3.78. The van der Waals surface area contributed by atoms with Gasteiger partial charge in [-0.15, -0.1) is 0 Å². The lowest BCUT2D eigenvalue weighted by atomic mass is 10.1. The van der Waals surface area contributed by atoms with E-state index in [1.165, 1.54) is 0 Å². The number of ether oxygens (including phenoxy) is 2. The Balaban J connectivity index is 2.15. The SMILES string of the molecule is NC(=O)CC=Cc1ccccc1C1OCCO1. The molecular formula is C13H15NO3. The van der Waals surface area contributed by atoms with Crippen LogP contribution in [0.5, 0.6) is 0 Å². The molecule has 1 aromatic carbocycles. The molecule has 0 radical (unpaired) electrons. The standard InChI is InChI=1S/C13H15NO3/c14-12(15)7-3-5-10-4-1-2-6-11(10)13-16-8-9-17-13/h1-6,13H,7-9H2,(H2,14,15). The quantitative estimate of drug-likeness (QED) is 0.859. The monoisotopic (exact) mass is 233 g/mol. The van der Waals surface area contributed by atoms with Gasteiger partial charge in [0.2, 0.25) is 5.91 Å². The zero-order chi connectivity index (χ0) is 12.1. The van der Waals surface area contributed by atoms with Gasteiger partial charge >= 0.3 is 0 Å². The summed E-state index contributed by atoms with van der Waals surface area (Å²) in [4.78, 5) is 10.7. The summed E-state index contributed by atoms with van der Waals surface area (Å²) < 4.78 is 10.9. The minimum atomic E-state index is -0.341. The second-order valence-corrected chi connectivity index (χ2v) is 3.78. The number of carbonyl (C=O) groups is 1. The first-order valence-corrected chi connectivity index (χ1v) is 5.54. The van der Waals surface area contributed by atoms with Crippen LogP contribution in [0.2, 0.25) is 0 Å². The van der Waals surface area contributed by atoms with Crippen LogP contribution in [0.4, 0.5) is 0 Å². The highest BCUT2D eigenvalue weighted by Crippen LogP contribution is 2.26. The fourth-order valence-electron chi connectivity index (χ4n) is 1.72. The molecule has 0 unspecified atom stereocenters. The summed E-state index contributed by atoms with van der Waals surface area (Å²) in [6, 6.07) is 7.78. The predicted octanol–water partition coefficient (Wildman–Crippen LogP) is 1.62. The Hall–Kier alpha value is -1.65. The summed E-state index contributed by atoms with van der Waals surface area (Å²) in [6.07, 6.45) is 3.55. The van der Waals surface area contributed by atoms with Gasteiger partial charge in [0.15, 0.2) is 6.29 Å². The van der Waals surface area contributed by atoms with Crippen molar-refractivity contribution in [2.24, 2.45) is 5.73 Å². The van der Waals surface area contributed by atoms with Crippen LogP contribution in [-0.4, -0.2) is 19.1 Å². The predicted molar refractivity (Wildman–Crippen MR) is 63.9 cm³/mol. The van der Waals surface area contributed by atoms with Gasteiger partial charge in [-0.1, -0.05) is 36.4 Å². The lowest BCUT2D eigenvalue weighted by Crippen LogP contribution is -2.08. The second kappa shape index (κ2) is 5.61. The Kier molecular flexibility index (Phi) is 3.90. The molecule has 1 aromatic rings.